The molecule has 0 spiro atoms. The second kappa shape index (κ2) is 6.76. The van der Waals surface area contributed by atoms with Crippen molar-refractivity contribution in [2.24, 2.45) is 12.5 Å². The van der Waals surface area contributed by atoms with Crippen molar-refractivity contribution in [2.45, 2.75) is 30.4 Å². The highest BCUT2D eigenvalue weighted by Gasteiger charge is 2.51. The number of thioether (sulfide) groups is 1. The number of carboxylic acids is 1. The average molecular weight is 332 g/mol. The van der Waals surface area contributed by atoms with Crippen LogP contribution in [0.1, 0.15) is 18.4 Å². The summed E-state index contributed by atoms with van der Waals surface area (Å²) in [6.45, 7) is 0.539. The highest BCUT2D eigenvalue weighted by molar-refractivity contribution is 7.99. The second-order valence-electron chi connectivity index (χ2n) is 6.05. The van der Waals surface area contributed by atoms with Gasteiger partial charge in [-0.05, 0) is 18.4 Å². The number of nitrogens with zero attached hydrogens (tertiary/aromatic N) is 2. The second-order valence-corrected chi connectivity index (χ2v) is 7.10. The molecule has 0 atom stereocenters. The van der Waals surface area contributed by atoms with Gasteiger partial charge in [0.25, 0.3) is 0 Å². The van der Waals surface area contributed by atoms with Crippen molar-refractivity contribution < 1.29 is 14.6 Å². The first kappa shape index (κ1) is 16.1. The van der Waals surface area contributed by atoms with Gasteiger partial charge in [-0.3, -0.25) is 9.48 Å². The maximum absolute atomic E-state index is 11.7. The van der Waals surface area contributed by atoms with E-state index in [9.17, 15) is 9.90 Å². The Morgan fingerprint density at radius 1 is 1.43 bits per heavy atom. The molecule has 1 aliphatic rings. The molecule has 3 rings (SSSR count). The molecule has 1 aromatic carbocycles. The van der Waals surface area contributed by atoms with E-state index in [-0.39, 0.29) is 6.10 Å². The molecule has 1 aromatic heterocycles. The van der Waals surface area contributed by atoms with Gasteiger partial charge in [0.2, 0.25) is 0 Å². The van der Waals surface area contributed by atoms with Gasteiger partial charge >= 0.3 is 5.97 Å². The van der Waals surface area contributed by atoms with Gasteiger partial charge in [0.1, 0.15) is 0 Å². The Labute approximate surface area is 139 Å². The Morgan fingerprint density at radius 3 is 2.78 bits per heavy atom. The van der Waals surface area contributed by atoms with Crippen LogP contribution in [0.15, 0.2) is 47.6 Å². The quantitative estimate of drug-likeness (QED) is 0.790. The first-order valence-corrected chi connectivity index (χ1v) is 8.56. The lowest BCUT2D eigenvalue weighted by atomic mass is 9.68. The van der Waals surface area contributed by atoms with E-state index in [2.05, 4.69) is 5.10 Å². The lowest BCUT2D eigenvalue weighted by Gasteiger charge is -2.43. The smallest absolute Gasteiger partial charge is 0.310 e. The lowest BCUT2D eigenvalue weighted by Crippen LogP contribution is -2.49. The molecular weight excluding hydrogens is 312 g/mol. The summed E-state index contributed by atoms with van der Waals surface area (Å²) in [7, 11) is 1.85. The number of hydrogen-bond acceptors (Lipinski definition) is 4. The molecule has 23 heavy (non-hydrogen) atoms. The summed E-state index contributed by atoms with van der Waals surface area (Å²) < 4.78 is 7.56. The van der Waals surface area contributed by atoms with Gasteiger partial charge < -0.3 is 9.84 Å². The van der Waals surface area contributed by atoms with Crippen LogP contribution < -0.4 is 0 Å². The van der Waals surface area contributed by atoms with E-state index in [1.54, 1.807) is 22.6 Å². The first-order valence-electron chi connectivity index (χ1n) is 7.58. The van der Waals surface area contributed by atoms with Crippen LogP contribution in [0, 0.1) is 5.41 Å². The highest BCUT2D eigenvalue weighted by Crippen LogP contribution is 2.46. The summed E-state index contributed by atoms with van der Waals surface area (Å²) in [4.78, 5) is 12.7. The highest BCUT2D eigenvalue weighted by atomic mass is 32.2. The van der Waals surface area contributed by atoms with E-state index in [0.29, 0.717) is 25.2 Å². The molecule has 0 radical (unpaired) electrons. The fourth-order valence-electron chi connectivity index (χ4n) is 2.77. The number of hydrogen-bond donors (Lipinski definition) is 1. The van der Waals surface area contributed by atoms with E-state index in [4.69, 9.17) is 4.74 Å². The van der Waals surface area contributed by atoms with E-state index in [1.807, 2.05) is 43.6 Å². The summed E-state index contributed by atoms with van der Waals surface area (Å²) in [5.41, 5.74) is 0.437. The number of aromatic nitrogens is 2. The van der Waals surface area contributed by atoms with Crippen LogP contribution in [-0.4, -0.2) is 32.7 Å². The number of carbonyl (C=O) groups is 1. The maximum Gasteiger partial charge on any atom is 0.310 e. The summed E-state index contributed by atoms with van der Waals surface area (Å²) in [6, 6.07) is 9.96. The van der Waals surface area contributed by atoms with Crippen molar-refractivity contribution in [1.29, 1.82) is 0 Å². The molecule has 1 fully saturated rings. The van der Waals surface area contributed by atoms with Crippen molar-refractivity contribution in [2.75, 3.05) is 5.75 Å². The minimum absolute atomic E-state index is 0.0285. The van der Waals surface area contributed by atoms with Gasteiger partial charge in [-0.2, -0.15) is 5.10 Å². The van der Waals surface area contributed by atoms with E-state index in [1.165, 1.54) is 0 Å². The number of aliphatic carboxylic acids is 1. The van der Waals surface area contributed by atoms with Crippen LogP contribution in [0.2, 0.25) is 0 Å². The molecule has 1 N–H and O–H groups in total. The standard InChI is InChI=1S/C17H20N2O3S/c1-19-10-15(9-18-19)23-12-17(16(20)21)7-14(8-17)22-11-13-5-3-2-4-6-13/h2-6,9-10,14H,7-8,11-12H2,1H3,(H,20,21). The third kappa shape index (κ3) is 3.76. The van der Waals surface area contributed by atoms with Crippen LogP contribution in [0.4, 0.5) is 0 Å². The Bertz CT molecular complexity index is 665. The van der Waals surface area contributed by atoms with Crippen molar-refractivity contribution in [1.82, 2.24) is 9.78 Å². The van der Waals surface area contributed by atoms with Crippen LogP contribution in [0.25, 0.3) is 0 Å². The maximum atomic E-state index is 11.7. The number of aryl methyl sites for hydroxylation is 1. The fraction of sp³-hybridized carbons (Fsp3) is 0.412. The van der Waals surface area contributed by atoms with Crippen LogP contribution in [-0.2, 0) is 23.2 Å². The molecule has 1 heterocycles. The Morgan fingerprint density at radius 2 is 2.17 bits per heavy atom. The zero-order chi connectivity index (χ0) is 16.3. The van der Waals surface area contributed by atoms with Gasteiger partial charge in [-0.1, -0.05) is 30.3 Å². The molecule has 5 nitrogen and oxygen atoms in total. The van der Waals surface area contributed by atoms with Crippen LogP contribution in [0.5, 0.6) is 0 Å². The SMILES string of the molecule is Cn1cc(SCC2(C(=O)O)CC(OCc3ccccc3)C2)cn1. The molecule has 0 unspecified atom stereocenters. The van der Waals surface area contributed by atoms with Gasteiger partial charge in [0.15, 0.2) is 0 Å². The lowest BCUT2D eigenvalue weighted by molar-refractivity contribution is -0.164. The normalized spacial score (nSPS) is 23.4. The monoisotopic (exact) mass is 332 g/mol. The van der Waals surface area contributed by atoms with E-state index in [0.717, 1.165) is 10.5 Å². The fourth-order valence-corrected chi connectivity index (χ4v) is 3.92. The van der Waals surface area contributed by atoms with Crippen molar-refractivity contribution in [3.05, 3.63) is 48.3 Å². The molecule has 1 saturated carbocycles. The molecule has 0 aliphatic heterocycles. The van der Waals surface area contributed by atoms with Gasteiger partial charge in [0.05, 0.1) is 24.3 Å². The Kier molecular flexibility index (Phi) is 4.73. The number of benzene rings is 1. The molecule has 0 bridgehead atoms. The molecule has 0 saturated heterocycles. The van der Waals surface area contributed by atoms with Crippen LogP contribution in [0.3, 0.4) is 0 Å². The van der Waals surface area contributed by atoms with Crippen molar-refractivity contribution in [3.8, 4) is 0 Å². The Balaban J connectivity index is 1.50. The minimum Gasteiger partial charge on any atom is -0.481 e. The number of carboxylic acid groups (broad SMARTS) is 1. The zero-order valence-corrected chi connectivity index (χ0v) is 13.8. The van der Waals surface area contributed by atoms with Gasteiger partial charge in [-0.25, -0.2) is 0 Å². The molecule has 2 aromatic rings. The molecular formula is C17H20N2O3S. The summed E-state index contributed by atoms with van der Waals surface area (Å²) >= 11 is 1.55. The molecule has 0 amide bonds. The first-order chi connectivity index (χ1) is 11.1. The van der Waals surface area contributed by atoms with Crippen LogP contribution >= 0.6 is 11.8 Å². The van der Waals surface area contributed by atoms with Crippen molar-refractivity contribution in [3.63, 3.8) is 0 Å². The van der Waals surface area contributed by atoms with Crippen molar-refractivity contribution >= 4 is 17.7 Å². The topological polar surface area (TPSA) is 64.4 Å². The summed E-state index contributed by atoms with van der Waals surface area (Å²) in [5.74, 6) is -0.174. The molecule has 122 valence electrons. The minimum atomic E-state index is -0.728. The number of ether oxygens (including phenoxy) is 1. The Hall–Kier alpha value is -1.79. The third-order valence-electron chi connectivity index (χ3n) is 4.22. The largest absolute Gasteiger partial charge is 0.481 e. The third-order valence-corrected chi connectivity index (χ3v) is 5.46. The summed E-state index contributed by atoms with van der Waals surface area (Å²) in [6.07, 6.45) is 4.84. The molecule has 1 aliphatic carbocycles. The predicted octanol–water partition coefficient (Wildman–Crippen LogP) is 2.96. The van der Waals surface area contributed by atoms with Gasteiger partial charge in [-0.15, -0.1) is 11.8 Å². The van der Waals surface area contributed by atoms with E-state index < -0.39 is 11.4 Å². The van der Waals surface area contributed by atoms with E-state index >= 15 is 0 Å². The number of rotatable bonds is 7. The zero-order valence-electron chi connectivity index (χ0n) is 13.0. The summed E-state index contributed by atoms with van der Waals surface area (Å²) in [5, 5.41) is 13.7. The van der Waals surface area contributed by atoms with Gasteiger partial charge in [0, 0.05) is 23.9 Å². The molecule has 6 heteroatoms. The average Bonchev–Trinajstić information content (AvgIpc) is 2.92. The predicted molar refractivity (Wildman–Crippen MR) is 88.3 cm³/mol.